The molecule has 1 spiro atoms. The molecular formula is C33H49N5O6S. The number of aromatic hydroxyl groups is 1. The summed E-state index contributed by atoms with van der Waals surface area (Å²) in [7, 11) is 0. The van der Waals surface area contributed by atoms with Crippen LogP contribution in [0.15, 0.2) is 27.5 Å². The summed E-state index contributed by atoms with van der Waals surface area (Å²) in [5, 5.41) is 27.9. The second kappa shape index (κ2) is 15.7. The van der Waals surface area contributed by atoms with Crippen molar-refractivity contribution in [2.45, 2.75) is 89.3 Å². The lowest BCUT2D eigenvalue weighted by Crippen LogP contribution is -2.58. The predicted molar refractivity (Wildman–Crippen MR) is 175 cm³/mol. The second-order valence-corrected chi connectivity index (χ2v) is 13.9. The largest absolute Gasteiger partial charge is 0.506 e. The highest BCUT2D eigenvalue weighted by atomic mass is 32.1. The Hall–Kier alpha value is -2.77. The van der Waals surface area contributed by atoms with Gasteiger partial charge in [0, 0.05) is 43.7 Å². The molecule has 2 aliphatic rings. The van der Waals surface area contributed by atoms with E-state index in [1.165, 1.54) is 38.2 Å². The maximum atomic E-state index is 13.1. The van der Waals surface area contributed by atoms with Gasteiger partial charge < -0.3 is 39.6 Å². The Labute approximate surface area is 268 Å². The number of carbonyl (C=O) groups is 1. The zero-order chi connectivity index (χ0) is 31.8. The summed E-state index contributed by atoms with van der Waals surface area (Å²) >= 11 is 1.01. The van der Waals surface area contributed by atoms with Crippen LogP contribution in [0, 0.1) is 0 Å². The highest BCUT2D eigenvalue weighted by molar-refractivity contribution is 7.16. The Morgan fingerprint density at radius 1 is 1.11 bits per heavy atom. The normalized spacial score (nSPS) is 17.9. The van der Waals surface area contributed by atoms with Crippen LogP contribution >= 0.6 is 11.3 Å². The lowest BCUT2D eigenvalue weighted by molar-refractivity contribution is -0.127. The molecule has 5 rings (SSSR count). The van der Waals surface area contributed by atoms with Gasteiger partial charge in [-0.25, -0.2) is 0 Å². The molecule has 3 aromatic rings. The minimum Gasteiger partial charge on any atom is -0.506 e. The Kier molecular flexibility index (Phi) is 11.7. The van der Waals surface area contributed by atoms with Gasteiger partial charge in [0.25, 0.3) is 5.91 Å². The third-order valence-corrected chi connectivity index (χ3v) is 10.2. The maximum absolute atomic E-state index is 13.1. The van der Waals surface area contributed by atoms with Crippen LogP contribution in [-0.2, 0) is 4.74 Å². The van der Waals surface area contributed by atoms with Gasteiger partial charge in [-0.15, -0.1) is 0 Å². The average Bonchev–Trinajstić information content (AvgIpc) is 3.68. The fourth-order valence-corrected chi connectivity index (χ4v) is 7.37. The number of fused-ring (bicyclic) bond motifs is 1. The first-order chi connectivity index (χ1) is 21.7. The zero-order valence-electron chi connectivity index (χ0n) is 26.7. The summed E-state index contributed by atoms with van der Waals surface area (Å²) in [4.78, 5) is 31.6. The Balaban J connectivity index is 0.891. The van der Waals surface area contributed by atoms with E-state index in [1.807, 2.05) is 18.7 Å². The minimum atomic E-state index is -0.734. The molecule has 4 heterocycles. The fraction of sp³-hybridized carbons (Fsp3) is 0.667. The molecule has 2 saturated heterocycles. The molecule has 4 N–H and O–H groups in total. The number of carbonyl (C=O) groups excluding carboxylic acids is 1. The van der Waals surface area contributed by atoms with Crippen LogP contribution in [0.1, 0.15) is 105 Å². The molecule has 2 aromatic heterocycles. The van der Waals surface area contributed by atoms with Gasteiger partial charge in [-0.2, -0.15) is 0 Å². The van der Waals surface area contributed by atoms with E-state index in [0.29, 0.717) is 47.7 Å². The van der Waals surface area contributed by atoms with Gasteiger partial charge in [-0.1, -0.05) is 68.5 Å². The van der Waals surface area contributed by atoms with E-state index in [-0.39, 0.29) is 28.0 Å². The Bertz CT molecular complexity index is 1440. The van der Waals surface area contributed by atoms with Crippen LogP contribution < -0.4 is 10.2 Å². The van der Waals surface area contributed by atoms with Crippen molar-refractivity contribution in [2.75, 3.05) is 52.4 Å². The van der Waals surface area contributed by atoms with E-state index in [9.17, 15) is 19.8 Å². The van der Waals surface area contributed by atoms with Crippen LogP contribution in [0.5, 0.6) is 5.75 Å². The van der Waals surface area contributed by atoms with Crippen molar-refractivity contribution >= 4 is 27.5 Å². The average molecular weight is 644 g/mol. The van der Waals surface area contributed by atoms with E-state index < -0.39 is 6.10 Å². The van der Waals surface area contributed by atoms with Crippen molar-refractivity contribution in [1.82, 2.24) is 25.3 Å². The standard InChI is InChI=1S/C33H49N5O6S/c1-23(2)28-20-25(36-44-28)31(41)38-18-19-43-33(22-38)12-16-37(17-13-33)15-9-7-5-3-4-6-8-14-34-21-27(40)24-10-11-26(39)29-30(24)45-32(42)35-29/h10-11,20,23,27,34,39-40H,3-9,12-19,21-22H2,1-2H3,(H,35,42)/t27-/m0/s1. The molecule has 12 heteroatoms. The van der Waals surface area contributed by atoms with E-state index >= 15 is 0 Å². The zero-order valence-corrected chi connectivity index (χ0v) is 27.5. The molecule has 1 aromatic carbocycles. The van der Waals surface area contributed by atoms with Crippen molar-refractivity contribution in [3.05, 3.63) is 44.9 Å². The molecular weight excluding hydrogens is 594 g/mol. The first-order valence-corrected chi connectivity index (χ1v) is 17.4. The van der Waals surface area contributed by atoms with E-state index in [2.05, 4.69) is 20.4 Å². The van der Waals surface area contributed by atoms with Crippen LogP contribution in [0.3, 0.4) is 0 Å². The molecule has 0 aliphatic carbocycles. The number of piperidine rings is 1. The number of thiazole rings is 1. The number of amides is 1. The smallest absolute Gasteiger partial charge is 0.305 e. The summed E-state index contributed by atoms with van der Waals surface area (Å²) in [5.74, 6) is 0.905. The van der Waals surface area contributed by atoms with Gasteiger partial charge in [0.05, 0.1) is 29.6 Å². The lowest BCUT2D eigenvalue weighted by atomic mass is 9.89. The molecule has 2 fully saturated rings. The van der Waals surface area contributed by atoms with Crippen molar-refractivity contribution < 1.29 is 24.3 Å². The van der Waals surface area contributed by atoms with Crippen LogP contribution in [0.2, 0.25) is 0 Å². The number of aromatic nitrogens is 2. The first-order valence-electron chi connectivity index (χ1n) is 16.6. The molecule has 45 heavy (non-hydrogen) atoms. The molecule has 1 amide bonds. The van der Waals surface area contributed by atoms with Gasteiger partial charge in [0.2, 0.25) is 0 Å². The van der Waals surface area contributed by atoms with E-state index in [1.54, 1.807) is 12.1 Å². The minimum absolute atomic E-state index is 0.0223. The quantitative estimate of drug-likeness (QED) is 0.172. The number of ether oxygens (including phenoxy) is 1. The Morgan fingerprint density at radius 2 is 1.84 bits per heavy atom. The number of hydrogen-bond acceptors (Lipinski definition) is 10. The number of aliphatic hydroxyl groups is 1. The second-order valence-electron chi connectivity index (χ2n) is 13.0. The van der Waals surface area contributed by atoms with Crippen LogP contribution in [0.4, 0.5) is 0 Å². The first kappa shape index (κ1) is 33.6. The molecule has 0 bridgehead atoms. The van der Waals surface area contributed by atoms with E-state index in [0.717, 1.165) is 69.0 Å². The summed E-state index contributed by atoms with van der Waals surface area (Å²) < 4.78 is 12.2. The molecule has 0 radical (unpaired) electrons. The number of phenols is 1. The van der Waals surface area contributed by atoms with Crippen molar-refractivity contribution in [3.8, 4) is 5.75 Å². The number of nitrogens with zero attached hydrogens (tertiary/aromatic N) is 3. The third-order valence-electron chi connectivity index (χ3n) is 9.23. The number of morpholine rings is 1. The number of aromatic amines is 1. The van der Waals surface area contributed by atoms with E-state index in [4.69, 9.17) is 9.26 Å². The highest BCUT2D eigenvalue weighted by Crippen LogP contribution is 2.32. The van der Waals surface area contributed by atoms with Gasteiger partial charge in [0.1, 0.15) is 17.0 Å². The number of hydrogen-bond donors (Lipinski definition) is 4. The number of phenolic OH excluding ortho intramolecular Hbond substituents is 1. The molecule has 2 aliphatic heterocycles. The molecule has 0 saturated carbocycles. The third kappa shape index (κ3) is 8.74. The number of nitrogens with one attached hydrogen (secondary N) is 2. The summed E-state index contributed by atoms with van der Waals surface area (Å²) in [6.07, 6.45) is 9.55. The van der Waals surface area contributed by atoms with Crippen LogP contribution in [0.25, 0.3) is 10.2 Å². The fourth-order valence-electron chi connectivity index (χ4n) is 6.45. The van der Waals surface area contributed by atoms with Crippen molar-refractivity contribution in [1.29, 1.82) is 0 Å². The summed E-state index contributed by atoms with van der Waals surface area (Å²) in [5.41, 5.74) is 1.20. The molecule has 1 atom stereocenters. The van der Waals surface area contributed by atoms with Gasteiger partial charge in [0.15, 0.2) is 5.69 Å². The highest BCUT2D eigenvalue weighted by Gasteiger charge is 2.41. The number of benzene rings is 1. The van der Waals surface area contributed by atoms with Crippen LogP contribution in [-0.4, -0.2) is 94.1 Å². The number of unbranched alkanes of at least 4 members (excludes halogenated alkanes) is 6. The van der Waals surface area contributed by atoms with Gasteiger partial charge in [-0.05, 0) is 44.8 Å². The Morgan fingerprint density at radius 3 is 2.58 bits per heavy atom. The summed E-state index contributed by atoms with van der Waals surface area (Å²) in [6.45, 7) is 10.2. The summed E-state index contributed by atoms with van der Waals surface area (Å²) in [6, 6.07) is 4.97. The van der Waals surface area contributed by atoms with Crippen molar-refractivity contribution in [3.63, 3.8) is 0 Å². The monoisotopic (exact) mass is 643 g/mol. The molecule has 11 nitrogen and oxygen atoms in total. The number of likely N-dealkylation sites (tertiary alicyclic amines) is 1. The molecule has 248 valence electrons. The van der Waals surface area contributed by atoms with Gasteiger partial charge >= 0.3 is 4.87 Å². The topological polar surface area (TPSA) is 144 Å². The predicted octanol–water partition coefficient (Wildman–Crippen LogP) is 4.77. The molecule has 0 unspecified atom stereocenters. The lowest BCUT2D eigenvalue weighted by Gasteiger charge is -2.47. The maximum Gasteiger partial charge on any atom is 0.305 e. The number of H-pyrrole nitrogens is 1. The number of rotatable bonds is 15. The van der Waals surface area contributed by atoms with Crippen molar-refractivity contribution in [2.24, 2.45) is 0 Å². The number of aliphatic hydroxyl groups excluding tert-OH is 1. The van der Waals surface area contributed by atoms with Gasteiger partial charge in [-0.3, -0.25) is 9.59 Å². The SMILES string of the molecule is CC(C)c1cc(C(=O)N2CCOC3(CCN(CCCCCCCCCNC[C@H](O)c4ccc(O)c5[nH]c(=O)sc45)CC3)C2)no1.